The second-order valence-electron chi connectivity index (χ2n) is 8.47. The van der Waals surface area contributed by atoms with E-state index < -0.39 is 11.6 Å². The minimum Gasteiger partial charge on any atom is -0.454 e. The monoisotopic (exact) mass is 512 g/mol. The second-order valence-corrected chi connectivity index (χ2v) is 9.71. The molecule has 0 spiro atoms. The van der Waals surface area contributed by atoms with E-state index in [1.165, 1.54) is 25.7 Å². The van der Waals surface area contributed by atoms with Gasteiger partial charge in [-0.05, 0) is 109 Å². The summed E-state index contributed by atoms with van der Waals surface area (Å²) in [7, 11) is 0. The van der Waals surface area contributed by atoms with Gasteiger partial charge in [-0.1, -0.05) is 38.7 Å². The molecule has 0 aliphatic heterocycles. The molecule has 1 nitrogen and oxygen atoms in total. The van der Waals surface area contributed by atoms with Crippen LogP contribution < -0.4 is 4.74 Å². The van der Waals surface area contributed by atoms with E-state index >= 15 is 0 Å². The fourth-order valence-corrected chi connectivity index (χ4v) is 5.49. The smallest absolute Gasteiger partial charge is 0.201 e. The molecule has 1 fully saturated rings. The van der Waals surface area contributed by atoms with Gasteiger partial charge >= 0.3 is 0 Å². The van der Waals surface area contributed by atoms with Gasteiger partial charge in [0.05, 0.1) is 0 Å². The molecule has 0 aromatic heterocycles. The summed E-state index contributed by atoms with van der Waals surface area (Å²) in [6.07, 6.45) is 9.24. The van der Waals surface area contributed by atoms with Crippen molar-refractivity contribution in [2.24, 2.45) is 5.92 Å². The van der Waals surface area contributed by atoms with Gasteiger partial charge in [0, 0.05) is 3.57 Å². The molecule has 29 heavy (non-hydrogen) atoms. The van der Waals surface area contributed by atoms with E-state index in [2.05, 4.69) is 29.5 Å². The first-order valence-corrected chi connectivity index (χ1v) is 11.9. The molecule has 1 aliphatic rings. The number of hydrogen-bond acceptors (Lipinski definition) is 1. The summed E-state index contributed by atoms with van der Waals surface area (Å²) >= 11 is 2.24. The molecule has 0 saturated heterocycles. The van der Waals surface area contributed by atoms with Crippen molar-refractivity contribution in [2.75, 3.05) is 0 Å². The lowest BCUT2D eigenvalue weighted by Gasteiger charge is -2.29. The Morgan fingerprint density at radius 3 is 2.24 bits per heavy atom. The maximum Gasteiger partial charge on any atom is 0.201 e. The predicted molar refractivity (Wildman–Crippen MR) is 124 cm³/mol. The van der Waals surface area contributed by atoms with Crippen LogP contribution in [0.2, 0.25) is 0 Å². The summed E-state index contributed by atoms with van der Waals surface area (Å²) in [6.45, 7) is 6.07. The highest BCUT2D eigenvalue weighted by molar-refractivity contribution is 14.1. The molecule has 0 N–H and O–H groups in total. The van der Waals surface area contributed by atoms with E-state index in [-0.39, 0.29) is 11.7 Å². The standard InChI is InChI=1S/C25H31F2IO/c1-4-5-6-7-18-8-10-19(11-9-18)21-12-13-22(24(27)23(21)26)29-25-16(2)14-20(28)15-17(25)3/h12-15,18-19H,4-11H2,1-3H3/t18-,19-. The third-order valence-corrected chi connectivity index (χ3v) is 6.84. The Kier molecular flexibility index (Phi) is 7.94. The number of unbranched alkanes of at least 4 members (excludes halogenated alkanes) is 2. The second kappa shape index (κ2) is 10.2. The predicted octanol–water partition coefficient (Wildman–Crippen LogP) is 8.83. The van der Waals surface area contributed by atoms with Crippen molar-refractivity contribution in [1.29, 1.82) is 0 Å². The molecule has 158 valence electrons. The molecule has 0 atom stereocenters. The van der Waals surface area contributed by atoms with Gasteiger partial charge in [0.25, 0.3) is 0 Å². The van der Waals surface area contributed by atoms with Gasteiger partial charge in [-0.15, -0.1) is 0 Å². The fraction of sp³-hybridized carbons (Fsp3) is 0.520. The number of halogens is 3. The molecule has 4 heteroatoms. The van der Waals surface area contributed by atoms with Gasteiger partial charge in [0.1, 0.15) is 5.75 Å². The molecule has 0 unspecified atom stereocenters. The van der Waals surface area contributed by atoms with E-state index in [9.17, 15) is 8.78 Å². The van der Waals surface area contributed by atoms with Crippen LogP contribution in [-0.4, -0.2) is 0 Å². The lowest BCUT2D eigenvalue weighted by Crippen LogP contribution is -2.15. The molecule has 1 aliphatic carbocycles. The van der Waals surface area contributed by atoms with Crippen molar-refractivity contribution in [3.05, 3.63) is 56.2 Å². The van der Waals surface area contributed by atoms with E-state index in [0.29, 0.717) is 11.3 Å². The highest BCUT2D eigenvalue weighted by Gasteiger charge is 2.26. The summed E-state index contributed by atoms with van der Waals surface area (Å²) in [5.74, 6) is -0.179. The van der Waals surface area contributed by atoms with Gasteiger partial charge in [-0.3, -0.25) is 0 Å². The van der Waals surface area contributed by atoms with Crippen molar-refractivity contribution in [2.45, 2.75) is 78.1 Å². The molecule has 0 bridgehead atoms. The zero-order valence-corrected chi connectivity index (χ0v) is 19.8. The van der Waals surface area contributed by atoms with Crippen molar-refractivity contribution in [3.8, 4) is 11.5 Å². The lowest BCUT2D eigenvalue weighted by molar-refractivity contribution is 0.297. The highest BCUT2D eigenvalue weighted by Crippen LogP contribution is 2.41. The maximum absolute atomic E-state index is 14.9. The largest absolute Gasteiger partial charge is 0.454 e. The SMILES string of the molecule is CCCCC[C@H]1CC[C@H](c2ccc(Oc3c(C)cc(I)cc3C)c(F)c2F)CC1. The zero-order valence-electron chi connectivity index (χ0n) is 17.7. The minimum atomic E-state index is -0.870. The van der Waals surface area contributed by atoms with Gasteiger partial charge < -0.3 is 4.74 Å². The van der Waals surface area contributed by atoms with Gasteiger partial charge in [0.15, 0.2) is 11.6 Å². The van der Waals surface area contributed by atoms with Crippen molar-refractivity contribution in [1.82, 2.24) is 0 Å². The molecule has 0 radical (unpaired) electrons. The number of hydrogen-bond donors (Lipinski definition) is 0. The summed E-state index contributed by atoms with van der Waals surface area (Å²) in [4.78, 5) is 0. The Bertz CT molecular complexity index is 818. The zero-order chi connectivity index (χ0) is 21.0. The average Bonchev–Trinajstić information content (AvgIpc) is 2.69. The van der Waals surface area contributed by atoms with Crippen molar-refractivity contribution < 1.29 is 13.5 Å². The summed E-state index contributed by atoms with van der Waals surface area (Å²) in [5, 5.41) is 0. The van der Waals surface area contributed by atoms with Crippen LogP contribution in [0.5, 0.6) is 11.5 Å². The van der Waals surface area contributed by atoms with Gasteiger partial charge in [-0.25, -0.2) is 4.39 Å². The quantitative estimate of drug-likeness (QED) is 0.266. The van der Waals surface area contributed by atoms with Crippen LogP contribution in [0.3, 0.4) is 0 Å². The number of benzene rings is 2. The topological polar surface area (TPSA) is 9.23 Å². The Labute approximate surface area is 187 Å². The molecule has 3 rings (SSSR count). The Morgan fingerprint density at radius 1 is 0.966 bits per heavy atom. The van der Waals surface area contributed by atoms with Crippen LogP contribution in [-0.2, 0) is 0 Å². The Balaban J connectivity index is 1.71. The van der Waals surface area contributed by atoms with Crippen molar-refractivity contribution in [3.63, 3.8) is 0 Å². The first kappa shape index (κ1) is 22.5. The third kappa shape index (κ3) is 5.50. The van der Waals surface area contributed by atoms with E-state index in [0.717, 1.165) is 46.3 Å². The van der Waals surface area contributed by atoms with Crippen molar-refractivity contribution >= 4 is 22.6 Å². The number of rotatable bonds is 7. The van der Waals surface area contributed by atoms with Crippen LogP contribution in [0.25, 0.3) is 0 Å². The first-order chi connectivity index (χ1) is 13.9. The van der Waals surface area contributed by atoms with Crippen LogP contribution >= 0.6 is 22.6 Å². The number of ether oxygens (including phenoxy) is 1. The van der Waals surface area contributed by atoms with E-state index in [1.807, 2.05) is 26.0 Å². The normalized spacial score (nSPS) is 19.4. The van der Waals surface area contributed by atoms with Crippen LogP contribution in [0.15, 0.2) is 24.3 Å². The number of aryl methyl sites for hydroxylation is 2. The Hall–Kier alpha value is -1.17. The maximum atomic E-state index is 14.9. The summed E-state index contributed by atoms with van der Waals surface area (Å²) in [6, 6.07) is 7.28. The third-order valence-electron chi connectivity index (χ3n) is 6.22. The van der Waals surface area contributed by atoms with Crippen LogP contribution in [0.1, 0.15) is 80.9 Å². The summed E-state index contributed by atoms with van der Waals surface area (Å²) in [5.41, 5.74) is 2.34. The Morgan fingerprint density at radius 2 is 1.62 bits per heavy atom. The molecule has 2 aromatic carbocycles. The summed E-state index contributed by atoms with van der Waals surface area (Å²) < 4.78 is 36.6. The van der Waals surface area contributed by atoms with E-state index in [1.54, 1.807) is 12.1 Å². The first-order valence-electron chi connectivity index (χ1n) is 10.8. The van der Waals surface area contributed by atoms with Crippen LogP contribution in [0.4, 0.5) is 8.78 Å². The van der Waals surface area contributed by atoms with Gasteiger partial charge in [0.2, 0.25) is 5.82 Å². The van der Waals surface area contributed by atoms with Crippen LogP contribution in [0, 0.1) is 35.0 Å². The molecule has 0 heterocycles. The average molecular weight is 512 g/mol. The molecule has 0 amide bonds. The minimum absolute atomic E-state index is 0.0353. The molecular formula is C25H31F2IO. The molecule has 1 saturated carbocycles. The highest BCUT2D eigenvalue weighted by atomic mass is 127. The molecular weight excluding hydrogens is 481 g/mol. The molecule has 2 aromatic rings. The van der Waals surface area contributed by atoms with E-state index in [4.69, 9.17) is 4.74 Å². The van der Waals surface area contributed by atoms with Gasteiger partial charge in [-0.2, -0.15) is 4.39 Å². The lowest BCUT2D eigenvalue weighted by atomic mass is 9.77. The fourth-order valence-electron chi connectivity index (χ4n) is 4.55.